The van der Waals surface area contributed by atoms with Gasteiger partial charge in [0.25, 0.3) is 5.91 Å². The summed E-state index contributed by atoms with van der Waals surface area (Å²) in [5.74, 6) is 0.668. The maximum Gasteiger partial charge on any atom is 0.257 e. The zero-order valence-electron chi connectivity index (χ0n) is 20.0. The molecule has 8 nitrogen and oxygen atoms in total. The van der Waals surface area contributed by atoms with E-state index in [2.05, 4.69) is 14.9 Å². The number of rotatable bonds is 8. The van der Waals surface area contributed by atoms with E-state index < -0.39 is 0 Å². The van der Waals surface area contributed by atoms with Gasteiger partial charge in [0, 0.05) is 77.2 Å². The molecule has 1 aromatic heterocycles. The van der Waals surface area contributed by atoms with Gasteiger partial charge in [-0.1, -0.05) is 0 Å². The topological polar surface area (TPSA) is 70.9 Å². The summed E-state index contributed by atoms with van der Waals surface area (Å²) < 4.78 is 7.44. The average molecular weight is 446 g/mol. The van der Waals surface area contributed by atoms with E-state index in [1.807, 2.05) is 36.7 Å². The molecule has 1 unspecified atom stereocenters. The highest BCUT2D eigenvalue weighted by Crippen LogP contribution is 2.33. The minimum Gasteiger partial charge on any atom is -0.381 e. The molecule has 1 aliphatic carbocycles. The van der Waals surface area contributed by atoms with Crippen LogP contribution in [-0.2, 0) is 16.1 Å². The monoisotopic (exact) mass is 445 g/mol. The molecule has 0 N–H and O–H groups in total. The summed E-state index contributed by atoms with van der Waals surface area (Å²) in [6.45, 7) is 9.48. The third-order valence-corrected chi connectivity index (χ3v) is 7.30. The van der Waals surface area contributed by atoms with Crippen molar-refractivity contribution < 1.29 is 14.3 Å². The molecule has 3 heterocycles. The van der Waals surface area contributed by atoms with E-state index in [1.54, 1.807) is 0 Å². The molecule has 2 aliphatic heterocycles. The van der Waals surface area contributed by atoms with Crippen LogP contribution in [0.5, 0.6) is 0 Å². The summed E-state index contributed by atoms with van der Waals surface area (Å²) in [7, 11) is 1.89. The molecule has 178 valence electrons. The summed E-state index contributed by atoms with van der Waals surface area (Å²) in [6.07, 6.45) is 8.20. The predicted octanol–water partition coefficient (Wildman–Crippen LogP) is 2.17. The number of carbonyl (C=O) groups excluding carboxylic acids is 2. The Labute approximate surface area is 191 Å². The lowest BCUT2D eigenvalue weighted by molar-refractivity contribution is -0.135. The van der Waals surface area contributed by atoms with Gasteiger partial charge < -0.3 is 14.5 Å². The van der Waals surface area contributed by atoms with Gasteiger partial charge in [-0.3, -0.25) is 19.2 Å². The Balaban J connectivity index is 1.41. The van der Waals surface area contributed by atoms with Crippen LogP contribution in [-0.4, -0.2) is 94.8 Å². The maximum absolute atomic E-state index is 13.1. The summed E-state index contributed by atoms with van der Waals surface area (Å²) in [5, 5.41) is 4.43. The molecule has 4 rings (SSSR count). The molecular weight excluding hydrogens is 406 g/mol. The fourth-order valence-electron chi connectivity index (χ4n) is 5.16. The van der Waals surface area contributed by atoms with Crippen LogP contribution >= 0.6 is 0 Å². The fourth-order valence-corrected chi connectivity index (χ4v) is 5.16. The second-order valence-electron chi connectivity index (χ2n) is 9.65. The number of ether oxygens (including phenoxy) is 1. The molecule has 1 atom stereocenters. The molecule has 1 saturated carbocycles. The zero-order chi connectivity index (χ0) is 22.7. The van der Waals surface area contributed by atoms with Gasteiger partial charge in [-0.15, -0.1) is 0 Å². The molecule has 0 radical (unpaired) electrons. The Morgan fingerprint density at radius 2 is 1.88 bits per heavy atom. The van der Waals surface area contributed by atoms with Crippen molar-refractivity contribution >= 4 is 11.8 Å². The molecule has 3 aliphatic rings. The van der Waals surface area contributed by atoms with E-state index in [4.69, 9.17) is 4.74 Å². The van der Waals surface area contributed by atoms with E-state index >= 15 is 0 Å². The number of likely N-dealkylation sites (tertiary alicyclic amines) is 1. The SMILES string of the molecule is CCn1cc(C(=O)N(C)CCN(C2CCOCC2)C2CCCN(C(=O)C3CC3)C2)c(C)n1. The van der Waals surface area contributed by atoms with Gasteiger partial charge in [-0.25, -0.2) is 0 Å². The molecule has 3 fully saturated rings. The third kappa shape index (κ3) is 5.34. The standard InChI is InChI=1S/C24H39N5O3/c1-4-28-17-22(18(2)25-28)24(31)26(3)12-13-29(20-9-14-32-15-10-20)21-6-5-11-27(16-21)23(30)19-7-8-19/h17,19-21H,4-16H2,1-3H3. The summed E-state index contributed by atoms with van der Waals surface area (Å²) in [6, 6.07) is 0.820. The van der Waals surface area contributed by atoms with Crippen LogP contribution in [0, 0.1) is 12.8 Å². The third-order valence-electron chi connectivity index (χ3n) is 7.30. The minimum absolute atomic E-state index is 0.0308. The maximum atomic E-state index is 13.1. The first-order valence-corrected chi connectivity index (χ1v) is 12.4. The van der Waals surface area contributed by atoms with Crippen LogP contribution in [0.4, 0.5) is 0 Å². The molecule has 2 saturated heterocycles. The minimum atomic E-state index is 0.0308. The van der Waals surface area contributed by atoms with Crippen molar-refractivity contribution in [3.8, 4) is 0 Å². The Hall–Kier alpha value is -1.93. The first-order valence-electron chi connectivity index (χ1n) is 12.4. The number of hydrogen-bond acceptors (Lipinski definition) is 5. The van der Waals surface area contributed by atoms with E-state index in [0.29, 0.717) is 30.1 Å². The van der Waals surface area contributed by atoms with Gasteiger partial charge >= 0.3 is 0 Å². The summed E-state index contributed by atoms with van der Waals surface area (Å²) in [5.41, 5.74) is 1.47. The summed E-state index contributed by atoms with van der Waals surface area (Å²) in [4.78, 5) is 32.3. The van der Waals surface area contributed by atoms with Gasteiger partial charge in [0.15, 0.2) is 0 Å². The molecule has 2 amide bonds. The van der Waals surface area contributed by atoms with Crippen molar-refractivity contribution in [1.29, 1.82) is 0 Å². The van der Waals surface area contributed by atoms with E-state index in [9.17, 15) is 9.59 Å². The van der Waals surface area contributed by atoms with Crippen molar-refractivity contribution in [2.24, 2.45) is 5.92 Å². The largest absolute Gasteiger partial charge is 0.381 e. The van der Waals surface area contributed by atoms with Gasteiger partial charge in [0.2, 0.25) is 5.91 Å². The smallest absolute Gasteiger partial charge is 0.257 e. The van der Waals surface area contributed by atoms with Crippen LogP contribution in [0.25, 0.3) is 0 Å². The zero-order valence-corrected chi connectivity index (χ0v) is 20.0. The van der Waals surface area contributed by atoms with Crippen molar-refractivity contribution in [2.45, 2.75) is 71.0 Å². The number of aromatic nitrogens is 2. The van der Waals surface area contributed by atoms with Crippen LogP contribution in [0.15, 0.2) is 6.20 Å². The average Bonchev–Trinajstić information content (AvgIpc) is 3.60. The van der Waals surface area contributed by atoms with Crippen LogP contribution in [0.1, 0.15) is 61.5 Å². The molecule has 0 bridgehead atoms. The van der Waals surface area contributed by atoms with Crippen molar-refractivity contribution in [3.63, 3.8) is 0 Å². The van der Waals surface area contributed by atoms with E-state index in [1.165, 1.54) is 0 Å². The van der Waals surface area contributed by atoms with Crippen LogP contribution in [0.2, 0.25) is 0 Å². The first-order chi connectivity index (χ1) is 15.5. The predicted molar refractivity (Wildman–Crippen MR) is 122 cm³/mol. The van der Waals surface area contributed by atoms with Gasteiger partial charge in [-0.2, -0.15) is 5.10 Å². The molecule has 32 heavy (non-hydrogen) atoms. The lowest BCUT2D eigenvalue weighted by Crippen LogP contribution is -2.55. The van der Waals surface area contributed by atoms with E-state index in [-0.39, 0.29) is 11.8 Å². The quantitative estimate of drug-likeness (QED) is 0.613. The van der Waals surface area contributed by atoms with E-state index in [0.717, 1.165) is 83.6 Å². The summed E-state index contributed by atoms with van der Waals surface area (Å²) >= 11 is 0. The Bertz CT molecular complexity index is 800. The Morgan fingerprint density at radius 1 is 1.12 bits per heavy atom. The Kier molecular flexibility index (Phi) is 7.51. The molecular formula is C24H39N5O3. The number of nitrogens with zero attached hydrogens (tertiary/aromatic N) is 5. The highest BCUT2D eigenvalue weighted by molar-refractivity contribution is 5.94. The first kappa shape index (κ1) is 23.2. The second-order valence-corrected chi connectivity index (χ2v) is 9.65. The number of amides is 2. The van der Waals surface area contributed by atoms with Crippen LogP contribution < -0.4 is 0 Å². The van der Waals surface area contributed by atoms with Gasteiger partial charge in [-0.05, 0) is 52.4 Å². The number of piperidine rings is 1. The number of aryl methyl sites for hydroxylation is 2. The molecule has 0 aromatic carbocycles. The number of likely N-dealkylation sites (N-methyl/N-ethyl adjacent to an activating group) is 1. The van der Waals surface area contributed by atoms with Crippen molar-refractivity contribution in [2.75, 3.05) is 46.4 Å². The Morgan fingerprint density at radius 3 is 2.53 bits per heavy atom. The number of hydrogen-bond donors (Lipinski definition) is 0. The normalized spacial score (nSPS) is 22.4. The lowest BCUT2D eigenvalue weighted by atomic mass is 9.98. The van der Waals surface area contributed by atoms with Gasteiger partial charge in [0.1, 0.15) is 0 Å². The fraction of sp³-hybridized carbons (Fsp3) is 0.792. The van der Waals surface area contributed by atoms with Crippen molar-refractivity contribution in [3.05, 3.63) is 17.5 Å². The number of carbonyl (C=O) groups is 2. The highest BCUT2D eigenvalue weighted by atomic mass is 16.5. The highest BCUT2D eigenvalue weighted by Gasteiger charge is 2.38. The molecule has 8 heteroatoms. The second kappa shape index (κ2) is 10.3. The lowest BCUT2D eigenvalue weighted by Gasteiger charge is -2.44. The van der Waals surface area contributed by atoms with Crippen molar-refractivity contribution in [1.82, 2.24) is 24.5 Å². The van der Waals surface area contributed by atoms with Gasteiger partial charge in [0.05, 0.1) is 11.3 Å². The molecule has 1 aromatic rings. The molecule has 0 spiro atoms. The van der Waals surface area contributed by atoms with Crippen LogP contribution in [0.3, 0.4) is 0 Å².